The first kappa shape index (κ1) is 57.1. The van der Waals surface area contributed by atoms with Gasteiger partial charge in [0.25, 0.3) is 0 Å². The molecule has 0 atom stereocenters. The molecule has 0 heterocycles. The number of halogens is 10. The van der Waals surface area contributed by atoms with Crippen molar-refractivity contribution in [2.45, 2.75) is 45.9 Å². The zero-order chi connectivity index (χ0) is 55.5. The molecule has 0 aromatic heterocycles. The van der Waals surface area contributed by atoms with Crippen LogP contribution in [0.5, 0.6) is 23.0 Å². The Bertz CT molecular complexity index is 3340. The van der Waals surface area contributed by atoms with Crippen molar-refractivity contribution in [3.8, 4) is 23.0 Å². The molecule has 0 radical (unpaired) electrons. The molecule has 0 aliphatic heterocycles. The van der Waals surface area contributed by atoms with Gasteiger partial charge in [0.1, 0.15) is 0 Å². The topological polar surface area (TPSA) is 149 Å². The Kier molecular flexibility index (Phi) is 16.5. The Balaban J connectivity index is 1.06. The summed E-state index contributed by atoms with van der Waals surface area (Å²) in [6, 6.07) is 50.8. The van der Waals surface area contributed by atoms with Crippen molar-refractivity contribution < 1.29 is 84.0 Å². The summed E-state index contributed by atoms with van der Waals surface area (Å²) in [7, 11) is -25.9. The first-order valence-electron chi connectivity index (χ1n) is 21.6. The Hall–Kier alpha value is -6.11. The van der Waals surface area contributed by atoms with Gasteiger partial charge in [0.2, 0.25) is 0 Å². The van der Waals surface area contributed by atoms with Crippen LogP contribution in [0.3, 0.4) is 0 Å². The predicted octanol–water partition coefficient (Wildman–Crippen LogP) is 15.7. The molecule has 0 fully saturated rings. The van der Waals surface area contributed by atoms with Crippen LogP contribution in [0.15, 0.2) is 248 Å². The second kappa shape index (κ2) is 22.3. The van der Waals surface area contributed by atoms with Gasteiger partial charge < -0.3 is 0 Å². The standard InChI is InChI=1S/C51H36F9IO11S5/c52-49(53,54)75(62,63)70-61(37-21-25-39(26-22-37)68-41-29-33-47(34-30-41)73(43-13-5-1-6-14-43,44-15-7-2-8-16-44)71-76(64,65)50(55,56)57)38-23-27-40(28-24-38)69-42-31-35-48(36-32-42)74(45-17-9-3-10-18-45,46-19-11-4-12-20-46)72-77(66,67)51(58,59)60/h1-36H. The van der Waals surface area contributed by atoms with Crippen LogP contribution >= 0.6 is 40.9 Å². The Morgan fingerprint density at radius 2 is 0.506 bits per heavy atom. The van der Waals surface area contributed by atoms with Gasteiger partial charge in [0, 0.05) is 0 Å². The SMILES string of the molecule is O=S(=O)(OI(c1ccc(Oc2ccc(S(OS(=O)(=O)C(F)(F)F)(c3ccccc3)c3ccccc3)cc2)cc1)c1ccc(Oc2ccc(S(OS(=O)(=O)C(F)(F)F)(c3ccccc3)c3ccccc3)cc2)cc1)C(F)(F)F. The maximum absolute atomic E-state index is 13.9. The van der Waals surface area contributed by atoms with Gasteiger partial charge in [-0.2, -0.15) is 43.2 Å². The number of rotatable bonds is 18. The van der Waals surface area contributed by atoms with Crippen LogP contribution in [0.4, 0.5) is 39.5 Å². The maximum atomic E-state index is 13.9. The number of ether oxygens (including phenoxy) is 2. The van der Waals surface area contributed by atoms with Gasteiger partial charge in [0.15, 0.2) is 0 Å². The summed E-state index contributed by atoms with van der Waals surface area (Å²) in [5.41, 5.74) is -17.4. The van der Waals surface area contributed by atoms with Crippen molar-refractivity contribution in [1.29, 1.82) is 0 Å². The van der Waals surface area contributed by atoms with Gasteiger partial charge in [0.05, 0.1) is 0 Å². The fourth-order valence-electron chi connectivity index (χ4n) is 7.07. The summed E-state index contributed by atoms with van der Waals surface area (Å²) in [5.74, 6) is 0.265. The summed E-state index contributed by atoms with van der Waals surface area (Å²) in [6.45, 7) is 0. The number of benzene rings is 8. The summed E-state index contributed by atoms with van der Waals surface area (Å²) in [6.07, 6.45) is 0. The van der Waals surface area contributed by atoms with Crippen molar-refractivity contribution in [2.24, 2.45) is 0 Å². The molecule has 0 aliphatic rings. The molecule has 0 saturated carbocycles. The van der Waals surface area contributed by atoms with E-state index >= 15 is 0 Å². The fraction of sp³-hybridized carbons (Fsp3) is 0.0588. The van der Waals surface area contributed by atoms with Gasteiger partial charge >= 0.3 is 334 Å². The number of hydrogen-bond acceptors (Lipinski definition) is 11. The second-order valence-corrected chi connectivity index (χ2v) is 30.9. The Morgan fingerprint density at radius 1 is 0.286 bits per heavy atom. The third kappa shape index (κ3) is 12.3. The molecule has 0 saturated heterocycles. The monoisotopic (exact) mass is 1280 g/mol. The fourth-order valence-corrected chi connectivity index (χ4v) is 23.0. The van der Waals surface area contributed by atoms with E-state index in [4.69, 9.17) is 19.2 Å². The minimum atomic E-state index is -6.20. The van der Waals surface area contributed by atoms with Crippen LogP contribution in [0.25, 0.3) is 0 Å². The van der Waals surface area contributed by atoms with Gasteiger partial charge in [-0.3, -0.25) is 0 Å². The Morgan fingerprint density at radius 3 is 0.740 bits per heavy atom. The van der Waals surface area contributed by atoms with E-state index in [1.54, 1.807) is 24.3 Å². The van der Waals surface area contributed by atoms with E-state index in [9.17, 15) is 64.8 Å². The van der Waals surface area contributed by atoms with Crippen LogP contribution in [0.2, 0.25) is 0 Å². The molecule has 8 rings (SSSR count). The molecule has 11 nitrogen and oxygen atoms in total. The second-order valence-electron chi connectivity index (χ2n) is 15.6. The predicted molar refractivity (Wildman–Crippen MR) is 276 cm³/mol. The van der Waals surface area contributed by atoms with Crippen LogP contribution < -0.4 is 9.47 Å². The molecule has 406 valence electrons. The molecule has 26 heteroatoms. The summed E-state index contributed by atoms with van der Waals surface area (Å²) in [5, 5.41) is 0. The summed E-state index contributed by atoms with van der Waals surface area (Å²) >= 11 is -4.06. The van der Waals surface area contributed by atoms with Crippen LogP contribution in [-0.4, -0.2) is 41.8 Å². The van der Waals surface area contributed by atoms with Crippen molar-refractivity contribution >= 4 is 71.2 Å². The molecule has 0 bridgehead atoms. The third-order valence-electron chi connectivity index (χ3n) is 10.5. The number of alkyl halides is 9. The molecule has 0 unspecified atom stereocenters. The van der Waals surface area contributed by atoms with E-state index in [2.05, 4.69) is 0 Å². The summed E-state index contributed by atoms with van der Waals surface area (Å²) < 4.78 is 228. The van der Waals surface area contributed by atoms with Crippen LogP contribution in [-0.2, 0) is 40.1 Å². The van der Waals surface area contributed by atoms with Crippen molar-refractivity contribution in [2.75, 3.05) is 0 Å². The van der Waals surface area contributed by atoms with Crippen LogP contribution in [0, 0.1) is 7.14 Å². The van der Waals surface area contributed by atoms with Crippen molar-refractivity contribution in [3.63, 3.8) is 0 Å². The van der Waals surface area contributed by atoms with E-state index in [1.165, 1.54) is 194 Å². The third-order valence-corrected chi connectivity index (χ3v) is 27.4. The van der Waals surface area contributed by atoms with Gasteiger partial charge in [-0.15, -0.1) is 0 Å². The van der Waals surface area contributed by atoms with Gasteiger partial charge in [-0.1, -0.05) is 72.8 Å². The van der Waals surface area contributed by atoms with E-state index in [0.29, 0.717) is 0 Å². The minimum absolute atomic E-state index is 0.0277. The van der Waals surface area contributed by atoms with Gasteiger partial charge in [-0.25, -0.2) is 0 Å². The first-order chi connectivity index (χ1) is 36.3. The molecule has 77 heavy (non-hydrogen) atoms. The van der Waals surface area contributed by atoms with Crippen molar-refractivity contribution in [3.05, 3.63) is 226 Å². The van der Waals surface area contributed by atoms with E-state index < -0.39 is 87.7 Å². The van der Waals surface area contributed by atoms with E-state index in [-0.39, 0.29) is 59.5 Å². The Labute approximate surface area is 446 Å². The van der Waals surface area contributed by atoms with Crippen LogP contribution in [0.1, 0.15) is 0 Å². The zero-order valence-corrected chi connectivity index (χ0v) is 44.8. The average Bonchev–Trinajstić information content (AvgIpc) is 3.44. The van der Waals surface area contributed by atoms with E-state index in [1.807, 2.05) is 0 Å². The molecule has 0 N–H and O–H groups in total. The molecule has 0 amide bonds. The molecule has 8 aromatic carbocycles. The molecular formula is C51H36F9IO11S5. The normalized spacial score (nSPS) is 13.6. The van der Waals surface area contributed by atoms with E-state index in [0.717, 1.165) is 0 Å². The molecular weight excluding hydrogens is 1250 g/mol. The first-order valence-corrected chi connectivity index (χ1v) is 32.0. The van der Waals surface area contributed by atoms with Gasteiger partial charge in [-0.05, 0) is 0 Å². The number of hydrogen-bond donors (Lipinski definition) is 0. The average molecular weight is 1280 g/mol. The van der Waals surface area contributed by atoms with Crippen molar-refractivity contribution in [1.82, 2.24) is 0 Å². The zero-order valence-electron chi connectivity index (χ0n) is 38.6. The summed E-state index contributed by atoms with van der Waals surface area (Å²) in [4.78, 5) is 0.507. The molecule has 0 spiro atoms. The molecule has 8 aromatic rings. The molecule has 0 aliphatic carbocycles. The quantitative estimate of drug-likeness (QED) is 0.0459.